The molecule has 96 valence electrons. The molecular weight excluding hydrogens is 260 g/mol. The summed E-state index contributed by atoms with van der Waals surface area (Å²) >= 11 is 5.50. The average Bonchev–Trinajstić information content (AvgIpc) is 2.24. The summed E-state index contributed by atoms with van der Waals surface area (Å²) in [5.74, 6) is -0.498. The van der Waals surface area contributed by atoms with E-state index in [4.69, 9.17) is 16.3 Å². The van der Waals surface area contributed by atoms with Crippen molar-refractivity contribution in [3.05, 3.63) is 29.6 Å². The molecule has 0 fully saturated rings. The van der Waals surface area contributed by atoms with Gasteiger partial charge >= 0.3 is 6.18 Å². The zero-order chi connectivity index (χ0) is 12.9. The molecule has 0 unspecified atom stereocenters. The normalized spacial score (nSPS) is 11.6. The number of hydrogen-bond acceptors (Lipinski definition) is 1. The van der Waals surface area contributed by atoms with Gasteiger partial charge in [0.2, 0.25) is 0 Å². The van der Waals surface area contributed by atoms with Gasteiger partial charge in [-0.25, -0.2) is 4.39 Å². The molecule has 0 heterocycles. The average molecular weight is 271 g/mol. The number of hydrogen-bond donors (Lipinski definition) is 0. The third-order valence-electron chi connectivity index (χ3n) is 2.01. The maximum atomic E-state index is 13.3. The van der Waals surface area contributed by atoms with E-state index < -0.39 is 18.4 Å². The van der Waals surface area contributed by atoms with E-state index in [9.17, 15) is 17.6 Å². The van der Waals surface area contributed by atoms with Crippen LogP contribution < -0.4 is 4.74 Å². The third kappa shape index (κ3) is 5.26. The van der Waals surface area contributed by atoms with Gasteiger partial charge in [0.25, 0.3) is 0 Å². The highest BCUT2D eigenvalue weighted by Crippen LogP contribution is 2.23. The van der Waals surface area contributed by atoms with Crippen molar-refractivity contribution in [2.75, 3.05) is 6.61 Å². The molecule has 1 nitrogen and oxygen atoms in total. The van der Waals surface area contributed by atoms with Crippen LogP contribution in [-0.4, -0.2) is 12.8 Å². The molecule has 0 atom stereocenters. The van der Waals surface area contributed by atoms with Gasteiger partial charge in [-0.3, -0.25) is 0 Å². The highest BCUT2D eigenvalue weighted by atomic mass is 35.5. The van der Waals surface area contributed by atoms with Crippen LogP contribution in [0.25, 0.3) is 0 Å². The van der Waals surface area contributed by atoms with Gasteiger partial charge in [0.05, 0.1) is 6.61 Å². The fraction of sp³-hybridized carbons (Fsp3) is 0.455. The van der Waals surface area contributed by atoms with Crippen LogP contribution in [0.2, 0.25) is 0 Å². The Labute approximate surface area is 101 Å². The zero-order valence-electron chi connectivity index (χ0n) is 8.86. The monoisotopic (exact) mass is 270 g/mol. The van der Waals surface area contributed by atoms with Gasteiger partial charge in [-0.2, -0.15) is 13.2 Å². The SMILES string of the molecule is Fc1cc(CCl)ccc1OCCCC(F)(F)F. The van der Waals surface area contributed by atoms with Gasteiger partial charge in [-0.1, -0.05) is 6.07 Å². The highest BCUT2D eigenvalue weighted by molar-refractivity contribution is 6.17. The molecule has 0 amide bonds. The van der Waals surface area contributed by atoms with E-state index in [1.54, 1.807) is 6.07 Å². The lowest BCUT2D eigenvalue weighted by molar-refractivity contribution is -0.136. The molecule has 6 heteroatoms. The maximum Gasteiger partial charge on any atom is 0.389 e. The van der Waals surface area contributed by atoms with Gasteiger partial charge in [-0.05, 0) is 24.1 Å². The molecule has 0 saturated heterocycles. The molecular formula is C11H11ClF4O. The Morgan fingerprint density at radius 3 is 2.47 bits per heavy atom. The van der Waals surface area contributed by atoms with Crippen molar-refractivity contribution in [2.24, 2.45) is 0 Å². The van der Waals surface area contributed by atoms with Gasteiger partial charge in [-0.15, -0.1) is 11.6 Å². The topological polar surface area (TPSA) is 9.23 Å². The van der Waals surface area contributed by atoms with E-state index in [1.807, 2.05) is 0 Å². The van der Waals surface area contributed by atoms with Crippen LogP contribution in [-0.2, 0) is 5.88 Å². The summed E-state index contributed by atoms with van der Waals surface area (Å²) in [5.41, 5.74) is 0.590. The Morgan fingerprint density at radius 2 is 1.94 bits per heavy atom. The molecule has 0 spiro atoms. The molecule has 1 aromatic rings. The van der Waals surface area contributed by atoms with E-state index in [2.05, 4.69) is 0 Å². The standard InChI is InChI=1S/C11H11ClF4O/c12-7-8-2-3-10(9(13)6-8)17-5-1-4-11(14,15)16/h2-3,6H,1,4-5,7H2. The summed E-state index contributed by atoms with van der Waals surface area (Å²) in [6.07, 6.45) is -5.33. The maximum absolute atomic E-state index is 13.3. The first-order chi connectivity index (χ1) is 7.92. The largest absolute Gasteiger partial charge is 0.491 e. The Kier molecular flexibility index (Phi) is 5.05. The fourth-order valence-electron chi connectivity index (χ4n) is 1.20. The first kappa shape index (κ1) is 14.1. The predicted octanol–water partition coefficient (Wildman–Crippen LogP) is 4.29. The molecule has 0 aromatic heterocycles. The lowest BCUT2D eigenvalue weighted by Gasteiger charge is -2.09. The van der Waals surface area contributed by atoms with Crippen LogP contribution in [0.4, 0.5) is 17.6 Å². The van der Waals surface area contributed by atoms with E-state index in [1.165, 1.54) is 12.1 Å². The molecule has 0 saturated carbocycles. The summed E-state index contributed by atoms with van der Waals surface area (Å²) in [5, 5.41) is 0. The van der Waals surface area contributed by atoms with Crippen LogP contribution in [0.1, 0.15) is 18.4 Å². The Hall–Kier alpha value is -0.970. The quantitative estimate of drug-likeness (QED) is 0.441. The van der Waals surface area contributed by atoms with Crippen LogP contribution in [0, 0.1) is 5.82 Å². The van der Waals surface area contributed by atoms with Crippen molar-refractivity contribution in [3.8, 4) is 5.75 Å². The molecule has 1 rings (SSSR count). The van der Waals surface area contributed by atoms with Crippen molar-refractivity contribution in [1.82, 2.24) is 0 Å². The summed E-state index contributed by atoms with van der Waals surface area (Å²) in [6, 6.07) is 4.13. The van der Waals surface area contributed by atoms with Gasteiger partial charge in [0, 0.05) is 12.3 Å². The number of benzene rings is 1. The van der Waals surface area contributed by atoms with E-state index in [-0.39, 0.29) is 24.7 Å². The van der Waals surface area contributed by atoms with Crippen LogP contribution in [0.3, 0.4) is 0 Å². The Balaban J connectivity index is 2.42. The Bertz CT molecular complexity index is 365. The lowest BCUT2D eigenvalue weighted by Crippen LogP contribution is -2.10. The van der Waals surface area contributed by atoms with Crippen molar-refractivity contribution < 1.29 is 22.3 Å². The number of alkyl halides is 4. The van der Waals surface area contributed by atoms with Crippen LogP contribution in [0.5, 0.6) is 5.75 Å². The van der Waals surface area contributed by atoms with Gasteiger partial charge < -0.3 is 4.74 Å². The molecule has 0 radical (unpaired) electrons. The number of ether oxygens (including phenoxy) is 1. The summed E-state index contributed by atoms with van der Waals surface area (Å²) in [6.45, 7) is -0.170. The third-order valence-corrected chi connectivity index (χ3v) is 2.32. The van der Waals surface area contributed by atoms with Crippen molar-refractivity contribution in [1.29, 1.82) is 0 Å². The lowest BCUT2D eigenvalue weighted by atomic mass is 10.2. The molecule has 0 aliphatic rings. The molecule has 17 heavy (non-hydrogen) atoms. The first-order valence-electron chi connectivity index (χ1n) is 4.96. The number of halogens is 5. The van der Waals surface area contributed by atoms with Gasteiger partial charge in [0.15, 0.2) is 11.6 Å². The molecule has 0 N–H and O–H groups in total. The number of rotatable bonds is 5. The second-order valence-corrected chi connectivity index (χ2v) is 3.73. The molecule has 0 bridgehead atoms. The van der Waals surface area contributed by atoms with Gasteiger partial charge in [0.1, 0.15) is 0 Å². The smallest absolute Gasteiger partial charge is 0.389 e. The zero-order valence-corrected chi connectivity index (χ0v) is 9.61. The Morgan fingerprint density at radius 1 is 1.24 bits per heavy atom. The van der Waals surface area contributed by atoms with Crippen molar-refractivity contribution >= 4 is 11.6 Å². The van der Waals surface area contributed by atoms with Crippen molar-refractivity contribution in [2.45, 2.75) is 24.9 Å². The minimum Gasteiger partial charge on any atom is -0.491 e. The fourth-order valence-corrected chi connectivity index (χ4v) is 1.37. The minimum atomic E-state index is -4.20. The highest BCUT2D eigenvalue weighted by Gasteiger charge is 2.26. The second kappa shape index (κ2) is 6.10. The minimum absolute atomic E-state index is 0.0546. The molecule has 1 aromatic carbocycles. The van der Waals surface area contributed by atoms with E-state index >= 15 is 0 Å². The predicted molar refractivity (Wildman–Crippen MR) is 56.7 cm³/mol. The summed E-state index contributed by atoms with van der Waals surface area (Å²) in [7, 11) is 0. The van der Waals surface area contributed by atoms with Crippen molar-refractivity contribution in [3.63, 3.8) is 0 Å². The second-order valence-electron chi connectivity index (χ2n) is 3.47. The summed E-state index contributed by atoms with van der Waals surface area (Å²) in [4.78, 5) is 0. The molecule has 0 aliphatic carbocycles. The van der Waals surface area contributed by atoms with Crippen LogP contribution >= 0.6 is 11.6 Å². The molecule has 0 aliphatic heterocycles. The van der Waals surface area contributed by atoms with E-state index in [0.717, 1.165) is 0 Å². The van der Waals surface area contributed by atoms with Crippen LogP contribution in [0.15, 0.2) is 18.2 Å². The van der Waals surface area contributed by atoms with E-state index in [0.29, 0.717) is 5.56 Å². The first-order valence-corrected chi connectivity index (χ1v) is 5.50. The summed E-state index contributed by atoms with van der Waals surface area (Å²) < 4.78 is 53.7.